The number of anilines is 1. The van der Waals surface area contributed by atoms with Crippen LogP contribution in [0.15, 0.2) is 54.6 Å². The average Bonchev–Trinajstić information content (AvgIpc) is 3.05. The zero-order chi connectivity index (χ0) is 21.4. The van der Waals surface area contributed by atoms with Crippen LogP contribution in [0.4, 0.5) is 5.69 Å². The summed E-state index contributed by atoms with van der Waals surface area (Å²) in [5.74, 6) is -0.405. The van der Waals surface area contributed by atoms with Crippen LogP contribution in [0.25, 0.3) is 32.6 Å². The Morgan fingerprint density at radius 3 is 2.10 bits per heavy atom. The van der Waals surface area contributed by atoms with Crippen molar-refractivity contribution < 1.29 is 9.53 Å². The number of aromatic nitrogens is 1. The van der Waals surface area contributed by atoms with Gasteiger partial charge in [0, 0.05) is 10.9 Å². The standard InChI is InChI=1S/C25H24N2O2S/c1-14(2)29-25(28)23-22(26)21-19(17-9-5-15(3)6-10-17)13-20(27-24(21)30-23)18-11-7-16(4)8-12-18/h5-14H,26H2,1-4H3. The molecule has 0 saturated heterocycles. The number of benzene rings is 2. The summed E-state index contributed by atoms with van der Waals surface area (Å²) < 4.78 is 5.40. The van der Waals surface area contributed by atoms with Crippen molar-refractivity contribution in [3.63, 3.8) is 0 Å². The molecule has 0 radical (unpaired) electrons. The molecule has 0 saturated carbocycles. The molecule has 0 fully saturated rings. The number of hydrogen-bond donors (Lipinski definition) is 1. The lowest BCUT2D eigenvalue weighted by molar-refractivity contribution is 0.0385. The Morgan fingerprint density at radius 2 is 1.53 bits per heavy atom. The number of nitrogens with zero attached hydrogens (tertiary/aromatic N) is 1. The van der Waals surface area contributed by atoms with Gasteiger partial charge in [0.05, 0.1) is 17.5 Å². The Labute approximate surface area is 180 Å². The van der Waals surface area contributed by atoms with Crippen LogP contribution < -0.4 is 5.73 Å². The summed E-state index contributed by atoms with van der Waals surface area (Å²) in [6.45, 7) is 7.77. The largest absolute Gasteiger partial charge is 0.459 e. The summed E-state index contributed by atoms with van der Waals surface area (Å²) in [7, 11) is 0. The van der Waals surface area contributed by atoms with Crippen molar-refractivity contribution in [1.29, 1.82) is 0 Å². The quantitative estimate of drug-likeness (QED) is 0.391. The first kappa shape index (κ1) is 20.1. The zero-order valence-corrected chi connectivity index (χ0v) is 18.3. The first-order chi connectivity index (χ1) is 14.3. The molecule has 0 aliphatic rings. The van der Waals surface area contributed by atoms with Gasteiger partial charge in [-0.2, -0.15) is 0 Å². The van der Waals surface area contributed by atoms with E-state index in [4.69, 9.17) is 15.5 Å². The minimum atomic E-state index is -0.405. The minimum absolute atomic E-state index is 0.213. The molecule has 2 aromatic heterocycles. The van der Waals surface area contributed by atoms with E-state index < -0.39 is 5.97 Å². The van der Waals surface area contributed by atoms with Crippen molar-refractivity contribution in [2.45, 2.75) is 33.8 Å². The fourth-order valence-electron chi connectivity index (χ4n) is 3.37. The van der Waals surface area contributed by atoms with Gasteiger partial charge in [0.2, 0.25) is 0 Å². The second kappa shape index (κ2) is 7.92. The number of carbonyl (C=O) groups is 1. The van der Waals surface area contributed by atoms with Gasteiger partial charge < -0.3 is 10.5 Å². The van der Waals surface area contributed by atoms with Gasteiger partial charge in [-0.05, 0) is 44.9 Å². The van der Waals surface area contributed by atoms with Crippen LogP contribution in [0.3, 0.4) is 0 Å². The Balaban J connectivity index is 1.97. The number of pyridine rings is 1. The number of carbonyl (C=O) groups excluding carboxylic acids is 1. The summed E-state index contributed by atoms with van der Waals surface area (Å²) >= 11 is 1.29. The molecule has 4 aromatic rings. The number of nitrogen functional groups attached to an aromatic ring is 1. The smallest absolute Gasteiger partial charge is 0.350 e. The van der Waals surface area contributed by atoms with Crippen LogP contribution in [-0.4, -0.2) is 17.1 Å². The molecule has 2 N–H and O–H groups in total. The lowest BCUT2D eigenvalue weighted by Crippen LogP contribution is -2.11. The number of rotatable bonds is 4. The number of thiophene rings is 1. The van der Waals surface area contributed by atoms with Gasteiger partial charge >= 0.3 is 5.97 Å². The molecular formula is C25H24N2O2S. The normalized spacial score (nSPS) is 11.2. The Morgan fingerprint density at radius 1 is 0.967 bits per heavy atom. The Kier molecular flexibility index (Phi) is 5.31. The molecule has 0 aliphatic carbocycles. The van der Waals surface area contributed by atoms with Gasteiger partial charge in [-0.1, -0.05) is 59.7 Å². The lowest BCUT2D eigenvalue weighted by atomic mass is 9.98. The summed E-state index contributed by atoms with van der Waals surface area (Å²) in [6, 6.07) is 18.6. The highest BCUT2D eigenvalue weighted by Crippen LogP contribution is 2.41. The second-order valence-electron chi connectivity index (χ2n) is 7.77. The minimum Gasteiger partial charge on any atom is -0.459 e. The lowest BCUT2D eigenvalue weighted by Gasteiger charge is -2.10. The van der Waals surface area contributed by atoms with Crippen molar-refractivity contribution in [1.82, 2.24) is 4.98 Å². The van der Waals surface area contributed by atoms with Crippen LogP contribution in [0.2, 0.25) is 0 Å². The first-order valence-corrected chi connectivity index (χ1v) is 10.7. The third-order valence-electron chi connectivity index (χ3n) is 4.94. The van der Waals surface area contributed by atoms with Crippen LogP contribution in [0.1, 0.15) is 34.6 Å². The molecule has 5 heteroatoms. The monoisotopic (exact) mass is 416 g/mol. The van der Waals surface area contributed by atoms with Crippen LogP contribution in [-0.2, 0) is 4.74 Å². The molecule has 0 unspecified atom stereocenters. The average molecular weight is 417 g/mol. The highest BCUT2D eigenvalue weighted by Gasteiger charge is 2.23. The Hall–Kier alpha value is -3.18. The van der Waals surface area contributed by atoms with Gasteiger partial charge in [0.1, 0.15) is 9.71 Å². The van der Waals surface area contributed by atoms with Gasteiger partial charge in [-0.3, -0.25) is 0 Å². The maximum absolute atomic E-state index is 12.6. The number of ether oxygens (including phenoxy) is 1. The van der Waals surface area contributed by atoms with Crippen molar-refractivity contribution >= 4 is 33.2 Å². The zero-order valence-electron chi connectivity index (χ0n) is 17.5. The molecule has 2 heterocycles. The maximum atomic E-state index is 12.6. The van der Waals surface area contributed by atoms with Gasteiger partial charge in [0.25, 0.3) is 0 Å². The fraction of sp³-hybridized carbons (Fsp3) is 0.200. The summed E-state index contributed by atoms with van der Waals surface area (Å²) in [5.41, 5.74) is 13.1. The molecule has 0 atom stereocenters. The summed E-state index contributed by atoms with van der Waals surface area (Å²) in [4.78, 5) is 18.6. The van der Waals surface area contributed by atoms with E-state index in [-0.39, 0.29) is 6.10 Å². The van der Waals surface area contributed by atoms with Crippen molar-refractivity contribution in [3.8, 4) is 22.4 Å². The molecule has 30 heavy (non-hydrogen) atoms. The molecule has 2 aromatic carbocycles. The topological polar surface area (TPSA) is 65.2 Å². The SMILES string of the molecule is Cc1ccc(-c2cc(-c3ccc(C)cc3)c3c(N)c(C(=O)OC(C)C)sc3n2)cc1. The fourth-order valence-corrected chi connectivity index (χ4v) is 4.38. The Bertz CT molecular complexity index is 1220. The van der Waals surface area contributed by atoms with Crippen molar-refractivity contribution in [2.24, 2.45) is 0 Å². The van der Waals surface area contributed by atoms with E-state index in [0.29, 0.717) is 10.6 Å². The van der Waals surface area contributed by atoms with E-state index in [1.165, 1.54) is 22.5 Å². The van der Waals surface area contributed by atoms with Crippen molar-refractivity contribution in [2.75, 3.05) is 5.73 Å². The van der Waals surface area contributed by atoms with Crippen LogP contribution >= 0.6 is 11.3 Å². The van der Waals surface area contributed by atoms with E-state index in [9.17, 15) is 4.79 Å². The number of hydrogen-bond acceptors (Lipinski definition) is 5. The molecule has 152 valence electrons. The van der Waals surface area contributed by atoms with E-state index in [1.807, 2.05) is 13.8 Å². The third-order valence-corrected chi connectivity index (χ3v) is 6.02. The molecule has 4 nitrogen and oxygen atoms in total. The number of nitrogens with two attached hydrogens (primary N) is 1. The molecular weight excluding hydrogens is 392 g/mol. The first-order valence-electron chi connectivity index (χ1n) is 9.91. The second-order valence-corrected chi connectivity index (χ2v) is 8.77. The summed E-state index contributed by atoms with van der Waals surface area (Å²) in [6.07, 6.45) is -0.213. The molecule has 0 aliphatic heterocycles. The predicted molar refractivity (Wildman–Crippen MR) is 125 cm³/mol. The van der Waals surface area contributed by atoms with Gasteiger partial charge in [-0.15, -0.1) is 11.3 Å². The maximum Gasteiger partial charge on any atom is 0.350 e. The highest BCUT2D eigenvalue weighted by atomic mass is 32.1. The van der Waals surface area contributed by atoms with Crippen molar-refractivity contribution in [3.05, 3.63) is 70.6 Å². The molecule has 4 rings (SSSR count). The van der Waals surface area contributed by atoms with E-state index in [1.54, 1.807) is 0 Å². The summed E-state index contributed by atoms with van der Waals surface area (Å²) in [5, 5.41) is 0.801. The molecule has 0 amide bonds. The highest BCUT2D eigenvalue weighted by molar-refractivity contribution is 7.21. The van der Waals surface area contributed by atoms with Gasteiger partial charge in [0.15, 0.2) is 0 Å². The van der Waals surface area contributed by atoms with Crippen LogP contribution in [0.5, 0.6) is 0 Å². The number of fused-ring (bicyclic) bond motifs is 1. The number of aryl methyl sites for hydroxylation is 2. The number of esters is 1. The third kappa shape index (κ3) is 3.81. The van der Waals surface area contributed by atoms with E-state index in [0.717, 1.165) is 32.6 Å². The van der Waals surface area contributed by atoms with Gasteiger partial charge in [-0.25, -0.2) is 9.78 Å². The van der Waals surface area contributed by atoms with E-state index >= 15 is 0 Å². The van der Waals surface area contributed by atoms with Crippen LogP contribution in [0, 0.1) is 13.8 Å². The molecule has 0 bridgehead atoms. The van der Waals surface area contributed by atoms with E-state index in [2.05, 4.69) is 68.4 Å². The predicted octanol–water partition coefficient (Wildman–Crippen LogP) is 6.39. The molecule has 0 spiro atoms.